The molecule has 2 aromatic heterocycles. The lowest BCUT2D eigenvalue weighted by Crippen LogP contribution is -2.30. The van der Waals surface area contributed by atoms with E-state index in [0.717, 1.165) is 23.6 Å². The van der Waals surface area contributed by atoms with Crippen molar-refractivity contribution in [3.05, 3.63) is 41.3 Å². The summed E-state index contributed by atoms with van der Waals surface area (Å²) in [5.74, 6) is 0.0195. The SMILES string of the molecule is C[C@H](Sc1ccccn1)C(=O)NCc1n[nH]c2c1CCCCC2. The third-order valence-corrected chi connectivity index (χ3v) is 5.18. The molecule has 0 aromatic carbocycles. The van der Waals surface area contributed by atoms with Gasteiger partial charge in [-0.15, -0.1) is 0 Å². The first-order valence-electron chi connectivity index (χ1n) is 8.14. The predicted molar refractivity (Wildman–Crippen MR) is 91.2 cm³/mol. The zero-order valence-electron chi connectivity index (χ0n) is 13.3. The number of aromatic amines is 1. The lowest BCUT2D eigenvalue weighted by Gasteiger charge is -2.11. The summed E-state index contributed by atoms with van der Waals surface area (Å²) in [5.41, 5.74) is 3.56. The standard InChI is InChI=1S/C17H22N4OS/c1-12(23-16-9-5-6-10-18-16)17(22)19-11-15-13-7-3-2-4-8-14(13)20-21-15/h5-6,9-10,12H,2-4,7-8,11H2,1H3,(H,19,22)(H,20,21)/t12-/m0/s1. The first-order valence-corrected chi connectivity index (χ1v) is 9.02. The number of thioether (sulfide) groups is 1. The summed E-state index contributed by atoms with van der Waals surface area (Å²) < 4.78 is 0. The van der Waals surface area contributed by atoms with Gasteiger partial charge in [0, 0.05) is 11.9 Å². The minimum atomic E-state index is -0.178. The van der Waals surface area contributed by atoms with Crippen LogP contribution in [0.3, 0.4) is 0 Å². The van der Waals surface area contributed by atoms with Crippen LogP contribution in [0, 0.1) is 0 Å². The van der Waals surface area contributed by atoms with Crippen LogP contribution in [0.15, 0.2) is 29.4 Å². The number of aryl methyl sites for hydroxylation is 1. The molecule has 2 N–H and O–H groups in total. The fourth-order valence-corrected chi connectivity index (χ4v) is 3.67. The highest BCUT2D eigenvalue weighted by molar-refractivity contribution is 8.00. The number of pyridine rings is 1. The molecule has 0 spiro atoms. The van der Waals surface area contributed by atoms with Gasteiger partial charge in [0.15, 0.2) is 0 Å². The fraction of sp³-hybridized carbons (Fsp3) is 0.471. The maximum Gasteiger partial charge on any atom is 0.233 e. The van der Waals surface area contributed by atoms with Crippen LogP contribution in [-0.2, 0) is 24.2 Å². The molecule has 2 aromatic rings. The topological polar surface area (TPSA) is 70.7 Å². The second-order valence-electron chi connectivity index (χ2n) is 5.83. The fourth-order valence-electron chi connectivity index (χ4n) is 2.84. The third kappa shape index (κ3) is 4.13. The van der Waals surface area contributed by atoms with Gasteiger partial charge in [-0.05, 0) is 50.3 Å². The molecule has 2 heterocycles. The summed E-state index contributed by atoms with van der Waals surface area (Å²) >= 11 is 1.47. The van der Waals surface area contributed by atoms with Crippen molar-refractivity contribution < 1.29 is 4.79 Å². The Kier molecular flexibility index (Phi) is 5.33. The van der Waals surface area contributed by atoms with E-state index in [1.54, 1.807) is 6.20 Å². The molecule has 0 fully saturated rings. The smallest absolute Gasteiger partial charge is 0.233 e. The molecule has 0 aliphatic heterocycles. The average Bonchev–Trinajstić information content (AvgIpc) is 2.80. The molecule has 0 radical (unpaired) electrons. The van der Waals surface area contributed by atoms with Gasteiger partial charge in [0.2, 0.25) is 5.91 Å². The number of nitrogens with zero attached hydrogens (tertiary/aromatic N) is 2. The molecular weight excluding hydrogens is 308 g/mol. The molecule has 3 rings (SSSR count). The van der Waals surface area contributed by atoms with E-state index in [1.165, 1.54) is 42.3 Å². The molecular formula is C17H22N4OS. The quantitative estimate of drug-likeness (QED) is 0.653. The molecule has 1 amide bonds. The van der Waals surface area contributed by atoms with E-state index in [4.69, 9.17) is 0 Å². The summed E-state index contributed by atoms with van der Waals surface area (Å²) in [6.45, 7) is 2.40. The predicted octanol–water partition coefficient (Wildman–Crippen LogP) is 2.87. The van der Waals surface area contributed by atoms with E-state index in [9.17, 15) is 4.79 Å². The van der Waals surface area contributed by atoms with E-state index >= 15 is 0 Å². The lowest BCUT2D eigenvalue weighted by molar-refractivity contribution is -0.120. The Bertz CT molecular complexity index is 656. The third-order valence-electron chi connectivity index (χ3n) is 4.13. The number of carbonyl (C=O) groups excluding carboxylic acids is 1. The van der Waals surface area contributed by atoms with Crippen molar-refractivity contribution in [1.82, 2.24) is 20.5 Å². The summed E-state index contributed by atoms with van der Waals surface area (Å²) in [6.07, 6.45) is 7.58. The van der Waals surface area contributed by atoms with E-state index in [1.807, 2.05) is 25.1 Å². The van der Waals surface area contributed by atoms with Gasteiger partial charge in [-0.1, -0.05) is 24.2 Å². The second-order valence-corrected chi connectivity index (χ2v) is 7.20. The molecule has 0 unspecified atom stereocenters. The number of carbonyl (C=O) groups is 1. The van der Waals surface area contributed by atoms with Crippen molar-refractivity contribution in [1.29, 1.82) is 0 Å². The van der Waals surface area contributed by atoms with Crippen LogP contribution in [0.1, 0.15) is 43.1 Å². The molecule has 0 bridgehead atoms. The van der Waals surface area contributed by atoms with Gasteiger partial charge in [0.25, 0.3) is 0 Å². The Morgan fingerprint density at radius 3 is 3.04 bits per heavy atom. The first kappa shape index (κ1) is 16.1. The Hall–Kier alpha value is -1.82. The van der Waals surface area contributed by atoms with Crippen molar-refractivity contribution in [3.63, 3.8) is 0 Å². The van der Waals surface area contributed by atoms with Gasteiger partial charge in [-0.3, -0.25) is 9.89 Å². The molecule has 0 saturated heterocycles. The van der Waals surface area contributed by atoms with Gasteiger partial charge in [-0.25, -0.2) is 4.98 Å². The van der Waals surface area contributed by atoms with Crippen LogP contribution in [-0.4, -0.2) is 26.3 Å². The number of aromatic nitrogens is 3. The zero-order valence-corrected chi connectivity index (χ0v) is 14.2. The number of fused-ring (bicyclic) bond motifs is 1. The van der Waals surface area contributed by atoms with Gasteiger partial charge in [0.1, 0.15) is 0 Å². The van der Waals surface area contributed by atoms with Gasteiger partial charge in [0.05, 0.1) is 22.5 Å². The van der Waals surface area contributed by atoms with Crippen molar-refractivity contribution in [2.75, 3.05) is 0 Å². The van der Waals surface area contributed by atoms with Gasteiger partial charge in [-0.2, -0.15) is 5.10 Å². The summed E-state index contributed by atoms with van der Waals surface area (Å²) in [4.78, 5) is 16.5. The maximum absolute atomic E-state index is 12.3. The van der Waals surface area contributed by atoms with Crippen LogP contribution >= 0.6 is 11.8 Å². The molecule has 6 heteroatoms. The minimum Gasteiger partial charge on any atom is -0.349 e. The number of amides is 1. The van der Waals surface area contributed by atoms with Crippen molar-refractivity contribution >= 4 is 17.7 Å². The van der Waals surface area contributed by atoms with E-state index < -0.39 is 0 Å². The van der Waals surface area contributed by atoms with Gasteiger partial charge >= 0.3 is 0 Å². The monoisotopic (exact) mass is 330 g/mol. The van der Waals surface area contributed by atoms with Crippen LogP contribution in [0.25, 0.3) is 0 Å². The highest BCUT2D eigenvalue weighted by atomic mass is 32.2. The van der Waals surface area contributed by atoms with Crippen molar-refractivity contribution in [2.24, 2.45) is 0 Å². The van der Waals surface area contributed by atoms with Crippen LogP contribution < -0.4 is 5.32 Å². The Morgan fingerprint density at radius 1 is 1.35 bits per heavy atom. The summed E-state index contributed by atoms with van der Waals surface area (Å²) in [7, 11) is 0. The molecule has 1 aliphatic rings. The average molecular weight is 330 g/mol. The first-order chi connectivity index (χ1) is 11.2. The number of hydrogen-bond acceptors (Lipinski definition) is 4. The number of hydrogen-bond donors (Lipinski definition) is 2. The zero-order chi connectivity index (χ0) is 16.1. The Morgan fingerprint density at radius 2 is 2.22 bits per heavy atom. The van der Waals surface area contributed by atoms with Crippen LogP contribution in [0.5, 0.6) is 0 Å². The van der Waals surface area contributed by atoms with Crippen LogP contribution in [0.2, 0.25) is 0 Å². The molecule has 1 aliphatic carbocycles. The lowest BCUT2D eigenvalue weighted by atomic mass is 10.1. The molecule has 23 heavy (non-hydrogen) atoms. The summed E-state index contributed by atoms with van der Waals surface area (Å²) in [5, 5.41) is 11.2. The molecule has 1 atom stereocenters. The number of rotatable bonds is 5. The van der Waals surface area contributed by atoms with E-state index in [2.05, 4.69) is 20.5 Å². The largest absolute Gasteiger partial charge is 0.349 e. The minimum absolute atomic E-state index is 0.0195. The van der Waals surface area contributed by atoms with Gasteiger partial charge < -0.3 is 5.32 Å². The number of H-pyrrole nitrogens is 1. The molecule has 0 saturated carbocycles. The van der Waals surface area contributed by atoms with E-state index in [0.29, 0.717) is 6.54 Å². The van der Waals surface area contributed by atoms with E-state index in [-0.39, 0.29) is 11.2 Å². The highest BCUT2D eigenvalue weighted by Gasteiger charge is 2.18. The van der Waals surface area contributed by atoms with Crippen LogP contribution in [0.4, 0.5) is 0 Å². The van der Waals surface area contributed by atoms with Crippen molar-refractivity contribution in [3.8, 4) is 0 Å². The maximum atomic E-state index is 12.3. The second kappa shape index (κ2) is 7.64. The molecule has 122 valence electrons. The summed E-state index contributed by atoms with van der Waals surface area (Å²) in [6, 6.07) is 5.72. The van der Waals surface area contributed by atoms with Crippen molar-refractivity contribution in [2.45, 2.75) is 55.8 Å². The molecule has 5 nitrogen and oxygen atoms in total. The highest BCUT2D eigenvalue weighted by Crippen LogP contribution is 2.22. The Labute approximate surface area is 140 Å². The number of nitrogens with one attached hydrogen (secondary N) is 2. The normalized spacial score (nSPS) is 15.5. The Balaban J connectivity index is 1.56.